The van der Waals surface area contributed by atoms with Crippen LogP contribution in [0.2, 0.25) is 0 Å². The molecule has 3 nitrogen and oxygen atoms in total. The highest BCUT2D eigenvalue weighted by Crippen LogP contribution is 2.54. The number of carbonyl (C=O) groups is 1. The van der Waals surface area contributed by atoms with Crippen molar-refractivity contribution in [1.82, 2.24) is 0 Å². The molecule has 2 aliphatic carbocycles. The molecular formula is C22H36O3. The summed E-state index contributed by atoms with van der Waals surface area (Å²) in [6.07, 6.45) is 11.7. The number of rotatable bonds is 2. The molecule has 1 saturated carbocycles. The van der Waals surface area contributed by atoms with Gasteiger partial charge in [-0.05, 0) is 63.7 Å². The Morgan fingerprint density at radius 1 is 1.36 bits per heavy atom. The standard InChI is InChI=1S/C22H36O3/c1-15-8-7-9-16(2)14-19(25-17(3)23)20-18(21(4,5)24)11-13-22(20,6)12-10-15/h9-10,12,15,18-20,24H,7-8,11,13-14H2,1-6H3/b12-10-,16-9+/t15-,18-,19+,20-,22+/m1/s1. The van der Waals surface area contributed by atoms with Gasteiger partial charge in [0.25, 0.3) is 0 Å². The van der Waals surface area contributed by atoms with E-state index in [9.17, 15) is 9.90 Å². The summed E-state index contributed by atoms with van der Waals surface area (Å²) < 4.78 is 5.84. The monoisotopic (exact) mass is 348 g/mol. The summed E-state index contributed by atoms with van der Waals surface area (Å²) in [5.74, 6) is 0.554. The van der Waals surface area contributed by atoms with Gasteiger partial charge in [-0.25, -0.2) is 0 Å². The molecule has 3 heteroatoms. The summed E-state index contributed by atoms with van der Waals surface area (Å²) in [4.78, 5) is 11.8. The van der Waals surface area contributed by atoms with Crippen molar-refractivity contribution >= 4 is 5.97 Å². The van der Waals surface area contributed by atoms with Crippen molar-refractivity contribution in [2.24, 2.45) is 23.2 Å². The number of aliphatic hydroxyl groups is 1. The SMILES string of the molecule is CC(=O)O[C@H]1C/C(C)=C/CC[C@@H](C)/C=C\[C@@]2(C)CC[C@@H](C(C)(C)O)[C@H]12. The normalized spacial score (nSPS) is 40.4. The van der Waals surface area contributed by atoms with Crippen molar-refractivity contribution in [1.29, 1.82) is 0 Å². The van der Waals surface area contributed by atoms with Crippen LogP contribution in [0, 0.1) is 23.2 Å². The minimum atomic E-state index is -0.780. The molecular weight excluding hydrogens is 312 g/mol. The zero-order chi connectivity index (χ0) is 18.8. The number of carbonyl (C=O) groups excluding carboxylic acids is 1. The van der Waals surface area contributed by atoms with E-state index >= 15 is 0 Å². The molecule has 1 fully saturated rings. The summed E-state index contributed by atoms with van der Waals surface area (Å²) in [6.45, 7) is 12.0. The third-order valence-corrected chi connectivity index (χ3v) is 6.26. The first-order valence-electron chi connectivity index (χ1n) is 9.77. The van der Waals surface area contributed by atoms with Crippen molar-refractivity contribution in [3.8, 4) is 0 Å². The van der Waals surface area contributed by atoms with Crippen molar-refractivity contribution in [2.45, 2.75) is 85.4 Å². The van der Waals surface area contributed by atoms with E-state index < -0.39 is 5.60 Å². The van der Waals surface area contributed by atoms with Gasteiger partial charge in [0, 0.05) is 19.3 Å². The molecule has 0 aliphatic heterocycles. The Kier molecular flexibility index (Phi) is 6.19. The highest BCUT2D eigenvalue weighted by Gasteiger charge is 2.53. The summed E-state index contributed by atoms with van der Waals surface area (Å²) in [7, 11) is 0. The van der Waals surface area contributed by atoms with Crippen molar-refractivity contribution < 1.29 is 14.6 Å². The maximum Gasteiger partial charge on any atom is 0.302 e. The highest BCUT2D eigenvalue weighted by molar-refractivity contribution is 5.66. The number of esters is 1. The Labute approximate surface area is 153 Å². The maximum absolute atomic E-state index is 11.8. The van der Waals surface area contributed by atoms with Gasteiger partial charge in [0.15, 0.2) is 0 Å². The third kappa shape index (κ3) is 4.97. The second-order valence-electron chi connectivity index (χ2n) is 9.15. The zero-order valence-corrected chi connectivity index (χ0v) is 16.8. The summed E-state index contributed by atoms with van der Waals surface area (Å²) in [5.41, 5.74) is 0.450. The molecule has 0 aromatic heterocycles. The van der Waals surface area contributed by atoms with E-state index in [1.807, 2.05) is 13.8 Å². The fourth-order valence-electron chi connectivity index (χ4n) is 4.87. The Hall–Kier alpha value is -1.09. The predicted molar refractivity (Wildman–Crippen MR) is 102 cm³/mol. The van der Waals surface area contributed by atoms with Gasteiger partial charge in [0.05, 0.1) is 5.60 Å². The Morgan fingerprint density at radius 3 is 2.64 bits per heavy atom. The van der Waals surface area contributed by atoms with Crippen molar-refractivity contribution in [2.75, 3.05) is 0 Å². The Bertz CT molecular complexity index is 540. The molecule has 0 aromatic rings. The van der Waals surface area contributed by atoms with E-state index in [1.54, 1.807) is 0 Å². The molecule has 2 aliphatic rings. The maximum atomic E-state index is 11.8. The molecule has 0 unspecified atom stereocenters. The summed E-state index contributed by atoms with van der Waals surface area (Å²) >= 11 is 0. The lowest BCUT2D eigenvalue weighted by atomic mass is 9.68. The van der Waals surface area contributed by atoms with Crippen molar-refractivity contribution in [3.05, 3.63) is 23.8 Å². The average Bonchev–Trinajstić information content (AvgIpc) is 2.81. The molecule has 0 spiro atoms. The smallest absolute Gasteiger partial charge is 0.302 e. The molecule has 5 atom stereocenters. The fraction of sp³-hybridized carbons (Fsp3) is 0.773. The predicted octanol–water partition coefficient (Wildman–Crippen LogP) is 5.04. The van der Waals surface area contributed by atoms with Gasteiger partial charge in [0.2, 0.25) is 0 Å². The van der Waals surface area contributed by atoms with E-state index in [-0.39, 0.29) is 29.3 Å². The van der Waals surface area contributed by atoms with E-state index in [0.29, 0.717) is 5.92 Å². The van der Waals surface area contributed by atoms with Crippen LogP contribution >= 0.6 is 0 Å². The van der Waals surface area contributed by atoms with E-state index in [4.69, 9.17) is 4.74 Å². The number of hydrogen-bond acceptors (Lipinski definition) is 3. The molecule has 0 aromatic carbocycles. The van der Waals surface area contributed by atoms with Crippen LogP contribution in [0.5, 0.6) is 0 Å². The van der Waals surface area contributed by atoms with Gasteiger partial charge in [0.1, 0.15) is 6.10 Å². The lowest BCUT2D eigenvalue weighted by Gasteiger charge is -2.41. The number of allylic oxidation sites excluding steroid dienone is 3. The van der Waals surface area contributed by atoms with Crippen molar-refractivity contribution in [3.63, 3.8) is 0 Å². The van der Waals surface area contributed by atoms with E-state index in [1.165, 1.54) is 12.5 Å². The second-order valence-corrected chi connectivity index (χ2v) is 9.15. The number of ether oxygens (including phenoxy) is 1. The van der Waals surface area contributed by atoms with Gasteiger partial charge in [-0.3, -0.25) is 4.79 Å². The topological polar surface area (TPSA) is 46.5 Å². The molecule has 142 valence electrons. The summed E-state index contributed by atoms with van der Waals surface area (Å²) in [5, 5.41) is 10.8. The van der Waals surface area contributed by atoms with Gasteiger partial charge < -0.3 is 9.84 Å². The summed E-state index contributed by atoms with van der Waals surface area (Å²) in [6, 6.07) is 0. The molecule has 0 bridgehead atoms. The molecule has 2 rings (SSSR count). The van der Waals surface area contributed by atoms with Crippen LogP contribution in [0.1, 0.15) is 73.6 Å². The van der Waals surface area contributed by atoms with Crippen LogP contribution in [0.15, 0.2) is 23.8 Å². The average molecular weight is 349 g/mol. The largest absolute Gasteiger partial charge is 0.462 e. The van der Waals surface area contributed by atoms with Crippen LogP contribution in [0.4, 0.5) is 0 Å². The second kappa shape index (κ2) is 7.65. The van der Waals surface area contributed by atoms with Gasteiger partial charge >= 0.3 is 5.97 Å². The van der Waals surface area contributed by atoms with Crippen LogP contribution in [-0.4, -0.2) is 22.8 Å². The lowest BCUT2D eigenvalue weighted by Crippen LogP contribution is -2.44. The van der Waals surface area contributed by atoms with Gasteiger partial charge in [-0.2, -0.15) is 0 Å². The first-order valence-corrected chi connectivity index (χ1v) is 9.77. The Balaban J connectivity index is 2.49. The Morgan fingerprint density at radius 2 is 2.04 bits per heavy atom. The van der Waals surface area contributed by atoms with E-state index in [2.05, 4.69) is 39.0 Å². The number of hydrogen-bond donors (Lipinski definition) is 1. The van der Waals surface area contributed by atoms with Gasteiger partial charge in [-0.1, -0.05) is 37.6 Å². The molecule has 25 heavy (non-hydrogen) atoms. The van der Waals surface area contributed by atoms with Crippen LogP contribution in [0.25, 0.3) is 0 Å². The molecule has 0 saturated heterocycles. The molecule has 1 N–H and O–H groups in total. The van der Waals surface area contributed by atoms with E-state index in [0.717, 1.165) is 32.1 Å². The fourth-order valence-corrected chi connectivity index (χ4v) is 4.87. The third-order valence-electron chi connectivity index (χ3n) is 6.26. The minimum absolute atomic E-state index is 0.0519. The minimum Gasteiger partial charge on any atom is -0.462 e. The molecule has 0 amide bonds. The van der Waals surface area contributed by atoms with Crippen LogP contribution in [0.3, 0.4) is 0 Å². The quantitative estimate of drug-likeness (QED) is 0.561. The highest BCUT2D eigenvalue weighted by atomic mass is 16.5. The number of fused-ring (bicyclic) bond motifs is 1. The zero-order valence-electron chi connectivity index (χ0n) is 16.8. The first kappa shape index (κ1) is 20.2. The van der Waals surface area contributed by atoms with Crippen LogP contribution in [-0.2, 0) is 9.53 Å². The molecule has 0 radical (unpaired) electrons. The van der Waals surface area contributed by atoms with Gasteiger partial charge in [-0.15, -0.1) is 0 Å². The first-order chi connectivity index (χ1) is 11.5. The lowest BCUT2D eigenvalue weighted by molar-refractivity contribution is -0.154. The van der Waals surface area contributed by atoms with Crippen LogP contribution < -0.4 is 0 Å². The molecule has 0 heterocycles.